The minimum absolute atomic E-state index is 0.212. The molecule has 4 heteroatoms. The van der Waals surface area contributed by atoms with Crippen LogP contribution in [0.1, 0.15) is 31.7 Å². The monoisotopic (exact) mass is 218 g/mol. The average molecular weight is 219 g/mol. The van der Waals surface area contributed by atoms with Crippen molar-refractivity contribution in [3.63, 3.8) is 0 Å². The van der Waals surface area contributed by atoms with Crippen LogP contribution in [0.3, 0.4) is 0 Å². The summed E-state index contributed by atoms with van der Waals surface area (Å²) in [4.78, 5) is 7.76. The Kier molecular flexibility index (Phi) is 4.46. The van der Waals surface area contributed by atoms with Gasteiger partial charge >= 0.3 is 0 Å². The summed E-state index contributed by atoms with van der Waals surface area (Å²) < 4.78 is 0. The third-order valence-corrected chi connectivity index (χ3v) is 2.34. The van der Waals surface area contributed by atoms with Crippen LogP contribution in [0.4, 0.5) is 0 Å². The van der Waals surface area contributed by atoms with Gasteiger partial charge < -0.3 is 0 Å². The van der Waals surface area contributed by atoms with E-state index in [2.05, 4.69) is 16.9 Å². The highest BCUT2D eigenvalue weighted by atomic mass is 35.5. The molecule has 1 heterocycles. The zero-order valence-electron chi connectivity index (χ0n) is 7.56. The van der Waals surface area contributed by atoms with Crippen LogP contribution in [0, 0.1) is 0 Å². The van der Waals surface area contributed by atoms with Crippen LogP contribution >= 0.6 is 23.2 Å². The summed E-state index contributed by atoms with van der Waals surface area (Å²) in [5.41, 5.74) is 0.986. The van der Waals surface area contributed by atoms with Gasteiger partial charge in [-0.3, -0.25) is 0 Å². The van der Waals surface area contributed by atoms with Gasteiger partial charge in [0.05, 0.1) is 0 Å². The van der Waals surface area contributed by atoms with E-state index in [9.17, 15) is 0 Å². The molecule has 1 rings (SSSR count). The minimum Gasteiger partial charge on any atom is -0.226 e. The predicted octanol–water partition coefficient (Wildman–Crippen LogP) is 3.52. The summed E-state index contributed by atoms with van der Waals surface area (Å²) in [6, 6.07) is 0. The summed E-state index contributed by atoms with van der Waals surface area (Å²) in [7, 11) is 0. The molecule has 0 aliphatic carbocycles. The number of halogens is 2. The molecule has 0 saturated heterocycles. The summed E-state index contributed by atoms with van der Waals surface area (Å²) in [6.07, 6.45) is 6.17. The number of nitrogens with zero attached hydrogens (tertiary/aromatic N) is 2. The first kappa shape index (κ1) is 10.7. The SMILES string of the molecule is CCCCCc1cnc(Cl)nc1Cl. The van der Waals surface area contributed by atoms with E-state index >= 15 is 0 Å². The van der Waals surface area contributed by atoms with Crippen molar-refractivity contribution in [3.8, 4) is 0 Å². The molecule has 1 aromatic rings. The fourth-order valence-corrected chi connectivity index (χ4v) is 1.50. The normalized spacial score (nSPS) is 10.4. The van der Waals surface area contributed by atoms with Crippen LogP contribution in [0.25, 0.3) is 0 Å². The van der Waals surface area contributed by atoms with E-state index in [0.29, 0.717) is 5.15 Å². The lowest BCUT2D eigenvalue weighted by molar-refractivity contribution is 0.714. The molecule has 0 aromatic carbocycles. The smallest absolute Gasteiger partial charge is 0.223 e. The Morgan fingerprint density at radius 3 is 2.69 bits per heavy atom. The number of aromatic nitrogens is 2. The second-order valence-electron chi connectivity index (χ2n) is 2.91. The first-order valence-corrected chi connectivity index (χ1v) is 5.16. The van der Waals surface area contributed by atoms with Crippen LogP contribution in [-0.2, 0) is 6.42 Å². The number of aryl methyl sites for hydroxylation is 1. The second-order valence-corrected chi connectivity index (χ2v) is 3.61. The quantitative estimate of drug-likeness (QED) is 0.440. The molecule has 0 bridgehead atoms. The van der Waals surface area contributed by atoms with Crippen LogP contribution in [0.5, 0.6) is 0 Å². The van der Waals surface area contributed by atoms with Crippen LogP contribution < -0.4 is 0 Å². The summed E-state index contributed by atoms with van der Waals surface area (Å²) >= 11 is 11.4. The zero-order valence-corrected chi connectivity index (χ0v) is 9.07. The second kappa shape index (κ2) is 5.40. The van der Waals surface area contributed by atoms with Crippen LogP contribution in [0.2, 0.25) is 10.4 Å². The van der Waals surface area contributed by atoms with E-state index in [0.717, 1.165) is 18.4 Å². The topological polar surface area (TPSA) is 25.8 Å². The predicted molar refractivity (Wildman–Crippen MR) is 55.3 cm³/mol. The number of hydrogen-bond donors (Lipinski definition) is 0. The number of hydrogen-bond acceptors (Lipinski definition) is 2. The summed E-state index contributed by atoms with van der Waals surface area (Å²) in [5.74, 6) is 0. The van der Waals surface area contributed by atoms with E-state index in [-0.39, 0.29) is 5.28 Å². The van der Waals surface area contributed by atoms with E-state index in [1.54, 1.807) is 6.20 Å². The van der Waals surface area contributed by atoms with Crippen molar-refractivity contribution in [1.82, 2.24) is 9.97 Å². The highest BCUT2D eigenvalue weighted by Gasteiger charge is 2.02. The molecule has 72 valence electrons. The Bertz CT molecular complexity index is 276. The Morgan fingerprint density at radius 2 is 2.08 bits per heavy atom. The summed E-state index contributed by atoms with van der Waals surface area (Å²) in [6.45, 7) is 2.17. The lowest BCUT2D eigenvalue weighted by Gasteiger charge is -2.01. The first-order chi connectivity index (χ1) is 6.24. The molecule has 0 N–H and O–H groups in total. The van der Waals surface area contributed by atoms with Crippen molar-refractivity contribution < 1.29 is 0 Å². The standard InChI is InChI=1S/C9H12Cl2N2/c1-2-3-4-5-7-6-12-9(11)13-8(7)10/h6H,2-5H2,1H3. The van der Waals surface area contributed by atoms with Gasteiger partial charge in [-0.1, -0.05) is 31.4 Å². The highest BCUT2D eigenvalue weighted by Crippen LogP contribution is 2.16. The third-order valence-electron chi connectivity index (χ3n) is 1.83. The molecule has 0 unspecified atom stereocenters. The van der Waals surface area contributed by atoms with Crippen molar-refractivity contribution in [1.29, 1.82) is 0 Å². The van der Waals surface area contributed by atoms with Gasteiger partial charge in [0.2, 0.25) is 5.28 Å². The van der Waals surface area contributed by atoms with Crippen molar-refractivity contribution in [2.45, 2.75) is 32.6 Å². The number of unbranched alkanes of at least 4 members (excludes halogenated alkanes) is 2. The molecule has 0 saturated carbocycles. The van der Waals surface area contributed by atoms with Gasteiger partial charge in [0, 0.05) is 11.8 Å². The Morgan fingerprint density at radius 1 is 1.31 bits per heavy atom. The molecule has 0 aliphatic rings. The lowest BCUT2D eigenvalue weighted by atomic mass is 10.1. The molecule has 0 radical (unpaired) electrons. The van der Waals surface area contributed by atoms with E-state index < -0.39 is 0 Å². The highest BCUT2D eigenvalue weighted by molar-refractivity contribution is 6.32. The third kappa shape index (κ3) is 3.49. The lowest BCUT2D eigenvalue weighted by Crippen LogP contribution is -1.92. The van der Waals surface area contributed by atoms with E-state index in [1.165, 1.54) is 12.8 Å². The van der Waals surface area contributed by atoms with Gasteiger partial charge in [0.15, 0.2) is 0 Å². The van der Waals surface area contributed by atoms with Gasteiger partial charge in [-0.2, -0.15) is 0 Å². The molecular formula is C9H12Cl2N2. The van der Waals surface area contributed by atoms with Gasteiger partial charge in [-0.05, 0) is 24.4 Å². The fourth-order valence-electron chi connectivity index (χ4n) is 1.10. The Balaban J connectivity index is 2.56. The van der Waals surface area contributed by atoms with Crippen molar-refractivity contribution in [3.05, 3.63) is 22.2 Å². The minimum atomic E-state index is 0.212. The Hall–Kier alpha value is -0.340. The molecule has 0 spiro atoms. The van der Waals surface area contributed by atoms with Crippen LogP contribution in [-0.4, -0.2) is 9.97 Å². The summed E-state index contributed by atoms with van der Waals surface area (Å²) in [5, 5.41) is 0.695. The molecule has 1 aromatic heterocycles. The molecular weight excluding hydrogens is 207 g/mol. The largest absolute Gasteiger partial charge is 0.226 e. The van der Waals surface area contributed by atoms with Crippen molar-refractivity contribution in [2.24, 2.45) is 0 Å². The van der Waals surface area contributed by atoms with E-state index in [1.807, 2.05) is 0 Å². The van der Waals surface area contributed by atoms with Crippen molar-refractivity contribution in [2.75, 3.05) is 0 Å². The molecule has 0 fully saturated rings. The molecule has 0 atom stereocenters. The Labute approximate surface area is 88.3 Å². The number of rotatable bonds is 4. The first-order valence-electron chi connectivity index (χ1n) is 4.41. The maximum absolute atomic E-state index is 5.87. The van der Waals surface area contributed by atoms with E-state index in [4.69, 9.17) is 23.2 Å². The fraction of sp³-hybridized carbons (Fsp3) is 0.556. The average Bonchev–Trinajstić information content (AvgIpc) is 2.09. The maximum Gasteiger partial charge on any atom is 0.223 e. The zero-order chi connectivity index (χ0) is 9.68. The van der Waals surface area contributed by atoms with Gasteiger partial charge in [-0.25, -0.2) is 9.97 Å². The van der Waals surface area contributed by atoms with Crippen LogP contribution in [0.15, 0.2) is 6.20 Å². The maximum atomic E-state index is 5.87. The van der Waals surface area contributed by atoms with Gasteiger partial charge in [0.1, 0.15) is 5.15 Å². The van der Waals surface area contributed by atoms with Gasteiger partial charge in [0.25, 0.3) is 0 Å². The molecule has 0 aliphatic heterocycles. The van der Waals surface area contributed by atoms with Gasteiger partial charge in [-0.15, -0.1) is 0 Å². The van der Waals surface area contributed by atoms with Crippen molar-refractivity contribution >= 4 is 23.2 Å². The molecule has 13 heavy (non-hydrogen) atoms. The molecule has 2 nitrogen and oxygen atoms in total. The molecule has 0 amide bonds.